The highest BCUT2D eigenvalue weighted by molar-refractivity contribution is 6.16. The van der Waals surface area contributed by atoms with Gasteiger partial charge in [-0.1, -0.05) is 6.07 Å². The molecular formula is C14H17ClN2O2. The maximum absolute atomic E-state index is 6.03. The number of para-hydroxylation sites is 1. The summed E-state index contributed by atoms with van der Waals surface area (Å²) in [5.74, 6) is 2.65. The molecule has 102 valence electrons. The topological polar surface area (TPSA) is 36.3 Å². The Morgan fingerprint density at radius 1 is 1.53 bits per heavy atom. The fourth-order valence-electron chi connectivity index (χ4n) is 2.63. The molecule has 4 nitrogen and oxygen atoms in total. The molecular weight excluding hydrogens is 264 g/mol. The molecule has 3 rings (SSSR count). The monoisotopic (exact) mass is 280 g/mol. The van der Waals surface area contributed by atoms with E-state index >= 15 is 0 Å². The Labute approximate surface area is 117 Å². The Balaban J connectivity index is 2.05. The van der Waals surface area contributed by atoms with Crippen LogP contribution in [0.25, 0.3) is 11.0 Å². The second kappa shape index (κ2) is 5.39. The highest BCUT2D eigenvalue weighted by Gasteiger charge is 2.20. The van der Waals surface area contributed by atoms with E-state index in [9.17, 15) is 0 Å². The first-order chi connectivity index (χ1) is 9.33. The van der Waals surface area contributed by atoms with Crippen LogP contribution in [-0.4, -0.2) is 29.9 Å². The van der Waals surface area contributed by atoms with E-state index in [-0.39, 0.29) is 0 Å². The number of hydrogen-bond donors (Lipinski definition) is 0. The molecule has 1 atom stereocenters. The van der Waals surface area contributed by atoms with Crippen LogP contribution in [0.5, 0.6) is 5.75 Å². The summed E-state index contributed by atoms with van der Waals surface area (Å²) in [6.45, 7) is 2.59. The third-order valence-corrected chi connectivity index (χ3v) is 3.86. The predicted molar refractivity (Wildman–Crippen MR) is 74.8 cm³/mol. The fraction of sp³-hybridized carbons (Fsp3) is 0.500. The van der Waals surface area contributed by atoms with Crippen molar-refractivity contribution in [1.29, 1.82) is 0 Å². The van der Waals surface area contributed by atoms with Crippen molar-refractivity contribution in [3.05, 3.63) is 24.0 Å². The number of aromatic nitrogens is 2. The summed E-state index contributed by atoms with van der Waals surface area (Å²) >= 11 is 6.03. The molecule has 1 aliphatic heterocycles. The molecule has 1 fully saturated rings. The van der Waals surface area contributed by atoms with Gasteiger partial charge in [0, 0.05) is 19.1 Å². The molecule has 5 heteroatoms. The highest BCUT2D eigenvalue weighted by atomic mass is 35.5. The van der Waals surface area contributed by atoms with Crippen molar-refractivity contribution in [2.75, 3.05) is 20.3 Å². The van der Waals surface area contributed by atoms with Gasteiger partial charge in [0.2, 0.25) is 0 Å². The number of methoxy groups -OCH3 is 1. The van der Waals surface area contributed by atoms with E-state index in [1.165, 1.54) is 0 Å². The lowest BCUT2D eigenvalue weighted by atomic mass is 10.1. The van der Waals surface area contributed by atoms with Crippen LogP contribution in [-0.2, 0) is 17.2 Å². The van der Waals surface area contributed by atoms with Crippen LogP contribution in [0, 0.1) is 5.92 Å². The van der Waals surface area contributed by atoms with E-state index in [0.29, 0.717) is 11.8 Å². The van der Waals surface area contributed by atoms with Gasteiger partial charge in [-0.15, -0.1) is 11.6 Å². The van der Waals surface area contributed by atoms with Crippen molar-refractivity contribution in [3.63, 3.8) is 0 Å². The van der Waals surface area contributed by atoms with E-state index in [4.69, 9.17) is 21.1 Å². The summed E-state index contributed by atoms with van der Waals surface area (Å²) in [5.41, 5.74) is 1.97. The van der Waals surface area contributed by atoms with Gasteiger partial charge in [0.1, 0.15) is 17.1 Å². The minimum Gasteiger partial charge on any atom is -0.494 e. The molecule has 0 amide bonds. The molecule has 2 heterocycles. The van der Waals surface area contributed by atoms with Gasteiger partial charge in [0.25, 0.3) is 0 Å². The second-order valence-electron chi connectivity index (χ2n) is 4.83. The lowest BCUT2D eigenvalue weighted by molar-refractivity contribution is 0.182. The molecule has 0 bridgehead atoms. The van der Waals surface area contributed by atoms with Crippen molar-refractivity contribution in [2.24, 2.45) is 5.92 Å². The maximum atomic E-state index is 6.03. The van der Waals surface area contributed by atoms with E-state index < -0.39 is 0 Å². The number of nitrogens with zero attached hydrogens (tertiary/aromatic N) is 2. The van der Waals surface area contributed by atoms with Crippen LogP contribution in [0.3, 0.4) is 0 Å². The van der Waals surface area contributed by atoms with Gasteiger partial charge >= 0.3 is 0 Å². The normalized spacial score (nSPS) is 19.2. The number of hydrogen-bond acceptors (Lipinski definition) is 3. The Hall–Kier alpha value is -1.26. The minimum atomic E-state index is 0.408. The molecule has 1 aliphatic rings. The second-order valence-corrected chi connectivity index (χ2v) is 5.10. The number of halogens is 1. The number of fused-ring (bicyclic) bond motifs is 1. The summed E-state index contributed by atoms with van der Waals surface area (Å²) < 4.78 is 13.0. The average Bonchev–Trinajstić information content (AvgIpc) is 3.07. The van der Waals surface area contributed by atoms with Crippen LogP contribution in [0.2, 0.25) is 0 Å². The molecule has 0 N–H and O–H groups in total. The molecule has 1 unspecified atom stereocenters. The van der Waals surface area contributed by atoms with Crippen LogP contribution >= 0.6 is 11.6 Å². The third-order valence-electron chi connectivity index (χ3n) is 3.63. The van der Waals surface area contributed by atoms with E-state index in [1.807, 2.05) is 12.1 Å². The highest BCUT2D eigenvalue weighted by Crippen LogP contribution is 2.28. The first-order valence-corrected chi connectivity index (χ1v) is 7.02. The van der Waals surface area contributed by atoms with Crippen LogP contribution in [0.15, 0.2) is 18.2 Å². The lowest BCUT2D eigenvalue weighted by Gasteiger charge is -2.12. The van der Waals surface area contributed by atoms with Crippen molar-refractivity contribution >= 4 is 22.6 Å². The van der Waals surface area contributed by atoms with Gasteiger partial charge in [-0.25, -0.2) is 4.98 Å². The van der Waals surface area contributed by atoms with E-state index in [2.05, 4.69) is 15.6 Å². The zero-order valence-electron chi connectivity index (χ0n) is 10.9. The minimum absolute atomic E-state index is 0.408. The van der Waals surface area contributed by atoms with Crippen molar-refractivity contribution < 1.29 is 9.47 Å². The molecule has 1 aromatic heterocycles. The van der Waals surface area contributed by atoms with E-state index in [0.717, 1.165) is 48.8 Å². The van der Waals surface area contributed by atoms with Crippen LogP contribution in [0.1, 0.15) is 12.2 Å². The molecule has 1 saturated heterocycles. The number of imidazole rings is 1. The predicted octanol–water partition coefficient (Wildman–Crippen LogP) is 2.82. The molecule has 0 spiro atoms. The summed E-state index contributed by atoms with van der Waals surface area (Å²) in [6.07, 6.45) is 1.10. The van der Waals surface area contributed by atoms with Gasteiger partial charge < -0.3 is 14.0 Å². The standard InChI is InChI=1S/C14H17ClN2O2/c1-18-12-4-2-3-11-14(12)16-13(7-15)17(11)8-10-5-6-19-9-10/h2-4,10H,5-9H2,1H3. The van der Waals surface area contributed by atoms with E-state index in [1.54, 1.807) is 7.11 Å². The first kappa shape index (κ1) is 12.8. The van der Waals surface area contributed by atoms with Gasteiger partial charge in [-0.05, 0) is 18.6 Å². The van der Waals surface area contributed by atoms with Crippen molar-refractivity contribution in [1.82, 2.24) is 9.55 Å². The van der Waals surface area contributed by atoms with Crippen molar-refractivity contribution in [3.8, 4) is 5.75 Å². The van der Waals surface area contributed by atoms with Gasteiger partial charge in [-0.3, -0.25) is 0 Å². The zero-order valence-corrected chi connectivity index (χ0v) is 11.7. The quantitative estimate of drug-likeness (QED) is 0.808. The first-order valence-electron chi connectivity index (χ1n) is 6.49. The fourth-order valence-corrected chi connectivity index (χ4v) is 2.83. The maximum Gasteiger partial charge on any atom is 0.146 e. The number of alkyl halides is 1. The molecule has 2 aromatic rings. The number of ether oxygens (including phenoxy) is 2. The average molecular weight is 281 g/mol. The Morgan fingerprint density at radius 3 is 3.11 bits per heavy atom. The van der Waals surface area contributed by atoms with Crippen LogP contribution in [0.4, 0.5) is 0 Å². The molecule has 1 aromatic carbocycles. The summed E-state index contributed by atoms with van der Waals surface area (Å²) in [4.78, 5) is 4.61. The summed E-state index contributed by atoms with van der Waals surface area (Å²) in [5, 5.41) is 0. The number of benzene rings is 1. The molecule has 19 heavy (non-hydrogen) atoms. The lowest BCUT2D eigenvalue weighted by Crippen LogP contribution is -2.12. The smallest absolute Gasteiger partial charge is 0.146 e. The molecule has 0 saturated carbocycles. The third kappa shape index (κ3) is 2.30. The largest absolute Gasteiger partial charge is 0.494 e. The Bertz CT molecular complexity index is 576. The Morgan fingerprint density at radius 2 is 2.42 bits per heavy atom. The van der Waals surface area contributed by atoms with Crippen molar-refractivity contribution in [2.45, 2.75) is 18.8 Å². The number of rotatable bonds is 4. The summed E-state index contributed by atoms with van der Waals surface area (Å²) in [6, 6.07) is 5.98. The van der Waals surface area contributed by atoms with Crippen LogP contribution < -0.4 is 4.74 Å². The molecule has 0 aliphatic carbocycles. The SMILES string of the molecule is COc1cccc2c1nc(CCl)n2CC1CCOC1. The molecule has 0 radical (unpaired) electrons. The zero-order chi connectivity index (χ0) is 13.2. The Kier molecular flexibility index (Phi) is 3.62. The van der Waals surface area contributed by atoms with Gasteiger partial charge in [0.05, 0.1) is 25.1 Å². The summed E-state index contributed by atoms with van der Waals surface area (Å²) in [7, 11) is 1.67. The van der Waals surface area contributed by atoms with Gasteiger partial charge in [-0.2, -0.15) is 0 Å². The van der Waals surface area contributed by atoms with Gasteiger partial charge in [0.15, 0.2) is 0 Å².